The molecule has 0 aliphatic heterocycles. The highest BCUT2D eigenvalue weighted by Crippen LogP contribution is 2.32. The van der Waals surface area contributed by atoms with Crippen LogP contribution in [-0.2, 0) is 11.3 Å². The molecule has 24 heavy (non-hydrogen) atoms. The largest absolute Gasteiger partial charge is 0.354 e. The van der Waals surface area contributed by atoms with Crippen molar-refractivity contribution in [3.8, 4) is 6.07 Å². The van der Waals surface area contributed by atoms with E-state index < -0.39 is 11.4 Å². The number of anilines is 2. The molecule has 0 bridgehead atoms. The molecule has 4 N–H and O–H groups in total. The minimum Gasteiger partial charge on any atom is -0.354 e. The molecule has 3 rings (SSSR count). The van der Waals surface area contributed by atoms with Gasteiger partial charge >= 0.3 is 0 Å². The summed E-state index contributed by atoms with van der Waals surface area (Å²) in [5.74, 6) is -0.564. The van der Waals surface area contributed by atoms with E-state index in [0.717, 1.165) is 24.1 Å². The highest BCUT2D eigenvalue weighted by Gasteiger charge is 2.45. The molecule has 0 unspecified atom stereocenters. The Kier molecular flexibility index (Phi) is 4.19. The Hall–Kier alpha value is -2.91. The van der Waals surface area contributed by atoms with E-state index in [4.69, 9.17) is 11.0 Å². The van der Waals surface area contributed by atoms with Gasteiger partial charge in [-0.3, -0.25) is 4.79 Å². The number of hydrogen-bond donors (Lipinski definition) is 3. The lowest BCUT2D eigenvalue weighted by Gasteiger charge is -2.11. The maximum absolute atomic E-state index is 13.1. The Balaban J connectivity index is 1.62. The Bertz CT molecular complexity index is 807. The lowest BCUT2D eigenvalue weighted by molar-refractivity contribution is -0.123. The van der Waals surface area contributed by atoms with E-state index in [9.17, 15) is 9.18 Å². The lowest BCUT2D eigenvalue weighted by atomic mass is 10.1. The van der Waals surface area contributed by atoms with Gasteiger partial charge in [-0.05, 0) is 48.7 Å². The zero-order valence-corrected chi connectivity index (χ0v) is 13.0. The second-order valence-corrected chi connectivity index (χ2v) is 5.96. The summed E-state index contributed by atoms with van der Waals surface area (Å²) in [4.78, 5) is 11.8. The number of amides is 1. The molecule has 0 atom stereocenters. The summed E-state index contributed by atoms with van der Waals surface area (Å²) in [6, 6.07) is 13.4. The van der Waals surface area contributed by atoms with Gasteiger partial charge in [0.2, 0.25) is 5.91 Å². The molecular formula is C18H17FN4O. The number of rotatable bonds is 5. The van der Waals surface area contributed by atoms with E-state index in [2.05, 4.69) is 10.6 Å². The van der Waals surface area contributed by atoms with Crippen LogP contribution in [0.4, 0.5) is 15.8 Å². The average molecular weight is 324 g/mol. The molecule has 1 amide bonds. The zero-order valence-electron chi connectivity index (χ0n) is 13.0. The average Bonchev–Trinajstić information content (AvgIpc) is 3.34. The third-order valence-corrected chi connectivity index (χ3v) is 4.03. The second-order valence-electron chi connectivity index (χ2n) is 5.96. The molecule has 0 radical (unpaired) electrons. The first-order chi connectivity index (χ1) is 11.5. The monoisotopic (exact) mass is 324 g/mol. The summed E-state index contributed by atoms with van der Waals surface area (Å²) >= 11 is 0. The van der Waals surface area contributed by atoms with Crippen LogP contribution in [0.5, 0.6) is 0 Å². The first kappa shape index (κ1) is 16.0. The maximum atomic E-state index is 13.1. The number of halogens is 1. The summed E-state index contributed by atoms with van der Waals surface area (Å²) in [6.45, 7) is 0.415. The number of nitrogens with zero attached hydrogens (tertiary/aromatic N) is 1. The quantitative estimate of drug-likeness (QED) is 0.788. The number of benzene rings is 2. The molecule has 5 nitrogen and oxygen atoms in total. The molecule has 2 aromatic rings. The van der Waals surface area contributed by atoms with Crippen LogP contribution in [0.15, 0.2) is 42.5 Å². The lowest BCUT2D eigenvalue weighted by Crippen LogP contribution is -2.42. The summed E-state index contributed by atoms with van der Waals surface area (Å²) in [5, 5.41) is 15.0. The van der Waals surface area contributed by atoms with Crippen LogP contribution in [0.3, 0.4) is 0 Å². The molecule has 1 aliphatic rings. The molecule has 2 aromatic carbocycles. The highest BCUT2D eigenvalue weighted by molar-refractivity contribution is 5.88. The van der Waals surface area contributed by atoms with Crippen LogP contribution in [0, 0.1) is 17.1 Å². The van der Waals surface area contributed by atoms with Crippen molar-refractivity contribution < 1.29 is 9.18 Å². The Morgan fingerprint density at radius 1 is 1.25 bits per heavy atom. The third-order valence-electron chi connectivity index (χ3n) is 4.03. The number of nitrogens with one attached hydrogen (secondary N) is 2. The van der Waals surface area contributed by atoms with Gasteiger partial charge in [0.15, 0.2) is 0 Å². The van der Waals surface area contributed by atoms with Crippen LogP contribution >= 0.6 is 0 Å². The Morgan fingerprint density at radius 3 is 2.58 bits per heavy atom. The first-order valence-electron chi connectivity index (χ1n) is 7.63. The van der Waals surface area contributed by atoms with E-state index in [-0.39, 0.29) is 11.5 Å². The van der Waals surface area contributed by atoms with Crippen molar-refractivity contribution in [2.75, 3.05) is 5.32 Å². The predicted molar refractivity (Wildman–Crippen MR) is 88.8 cm³/mol. The number of carbonyl (C=O) groups is 1. The molecule has 122 valence electrons. The molecule has 0 saturated heterocycles. The minimum atomic E-state index is -0.669. The van der Waals surface area contributed by atoms with E-state index in [1.165, 1.54) is 18.2 Å². The van der Waals surface area contributed by atoms with E-state index >= 15 is 0 Å². The molecule has 1 fully saturated rings. The topological polar surface area (TPSA) is 90.9 Å². The molecule has 6 heteroatoms. The molecule has 0 aromatic heterocycles. The standard InChI is InChI=1S/C18H17FN4O/c19-14-3-6-16(13(9-14)10-20)23-15-4-1-12(2-5-15)11-22-17(24)18(21)7-8-18/h1-6,9,23H,7-8,11,21H2,(H,22,24). The van der Waals surface area contributed by atoms with Crippen molar-refractivity contribution in [3.05, 3.63) is 59.4 Å². The highest BCUT2D eigenvalue weighted by atomic mass is 19.1. The van der Waals surface area contributed by atoms with Gasteiger partial charge in [-0.15, -0.1) is 0 Å². The fourth-order valence-corrected chi connectivity index (χ4v) is 2.30. The molecular weight excluding hydrogens is 307 g/mol. The van der Waals surface area contributed by atoms with Gasteiger partial charge in [-0.1, -0.05) is 12.1 Å². The smallest absolute Gasteiger partial charge is 0.240 e. The SMILES string of the molecule is N#Cc1cc(F)ccc1Nc1ccc(CNC(=O)C2(N)CC2)cc1. The number of nitriles is 1. The predicted octanol–water partition coefficient (Wildman–Crippen LogP) is 2.55. The number of nitrogens with two attached hydrogens (primary N) is 1. The summed E-state index contributed by atoms with van der Waals surface area (Å²) in [5.41, 5.74) is 7.65. The number of carbonyl (C=O) groups excluding carboxylic acids is 1. The van der Waals surface area contributed by atoms with Gasteiger partial charge in [0.25, 0.3) is 0 Å². The van der Waals surface area contributed by atoms with Gasteiger partial charge < -0.3 is 16.4 Å². The summed E-state index contributed by atoms with van der Waals surface area (Å²) in [7, 11) is 0. The van der Waals surface area contributed by atoms with Gasteiger partial charge in [0, 0.05) is 12.2 Å². The minimum absolute atomic E-state index is 0.116. The van der Waals surface area contributed by atoms with Crippen molar-refractivity contribution in [1.29, 1.82) is 5.26 Å². The second kappa shape index (κ2) is 6.30. The van der Waals surface area contributed by atoms with Crippen LogP contribution < -0.4 is 16.4 Å². The van der Waals surface area contributed by atoms with Crippen LogP contribution in [-0.4, -0.2) is 11.4 Å². The fourth-order valence-electron chi connectivity index (χ4n) is 2.30. The molecule has 1 aliphatic carbocycles. The molecule has 1 saturated carbocycles. The normalized spacial score (nSPS) is 14.5. The third kappa shape index (κ3) is 3.53. The van der Waals surface area contributed by atoms with E-state index in [0.29, 0.717) is 12.2 Å². The maximum Gasteiger partial charge on any atom is 0.240 e. The van der Waals surface area contributed by atoms with Crippen molar-refractivity contribution in [1.82, 2.24) is 5.32 Å². The molecule has 0 spiro atoms. The van der Waals surface area contributed by atoms with E-state index in [1.54, 1.807) is 0 Å². The van der Waals surface area contributed by atoms with Crippen molar-refractivity contribution in [3.63, 3.8) is 0 Å². The van der Waals surface area contributed by atoms with Crippen LogP contribution in [0.25, 0.3) is 0 Å². The van der Waals surface area contributed by atoms with Gasteiger partial charge in [0.1, 0.15) is 11.9 Å². The Morgan fingerprint density at radius 2 is 1.96 bits per heavy atom. The van der Waals surface area contributed by atoms with E-state index in [1.807, 2.05) is 30.3 Å². The summed E-state index contributed by atoms with van der Waals surface area (Å²) < 4.78 is 13.1. The first-order valence-corrected chi connectivity index (χ1v) is 7.63. The van der Waals surface area contributed by atoms with Gasteiger partial charge in [0.05, 0.1) is 16.8 Å². The zero-order chi connectivity index (χ0) is 17.2. The Labute approximate surface area is 139 Å². The number of hydrogen-bond acceptors (Lipinski definition) is 4. The van der Waals surface area contributed by atoms with Crippen LogP contribution in [0.2, 0.25) is 0 Å². The van der Waals surface area contributed by atoms with Gasteiger partial charge in [-0.25, -0.2) is 4.39 Å². The fraction of sp³-hybridized carbons (Fsp3) is 0.222. The van der Waals surface area contributed by atoms with Crippen LogP contribution in [0.1, 0.15) is 24.0 Å². The molecule has 0 heterocycles. The van der Waals surface area contributed by atoms with Crippen molar-refractivity contribution in [2.24, 2.45) is 5.73 Å². The van der Waals surface area contributed by atoms with Crippen molar-refractivity contribution in [2.45, 2.75) is 24.9 Å². The van der Waals surface area contributed by atoms with Crippen molar-refractivity contribution >= 4 is 17.3 Å². The van der Waals surface area contributed by atoms with Gasteiger partial charge in [-0.2, -0.15) is 5.26 Å². The summed E-state index contributed by atoms with van der Waals surface area (Å²) in [6.07, 6.45) is 1.47.